The summed E-state index contributed by atoms with van der Waals surface area (Å²) in [6, 6.07) is 16.0. The topological polar surface area (TPSA) is 35.2 Å². The van der Waals surface area contributed by atoms with Gasteiger partial charge in [0.25, 0.3) is 0 Å². The number of hydrogen-bond acceptors (Lipinski definition) is 2. The van der Waals surface area contributed by atoms with Crippen LogP contribution in [0.25, 0.3) is 0 Å². The van der Waals surface area contributed by atoms with Gasteiger partial charge in [0.1, 0.15) is 11.6 Å². The van der Waals surface area contributed by atoms with Gasteiger partial charge in [0.15, 0.2) is 0 Å². The summed E-state index contributed by atoms with van der Waals surface area (Å²) >= 11 is 0. The highest BCUT2D eigenvalue weighted by Gasteiger charge is 2.05. The molecule has 2 nitrogen and oxygen atoms in total. The molecule has 2 aromatic rings. The fourth-order valence-electron chi connectivity index (χ4n) is 1.89. The molecule has 0 spiro atoms. The maximum absolute atomic E-state index is 12.8. The highest BCUT2D eigenvalue weighted by molar-refractivity contribution is 5.21. The quantitative estimate of drug-likeness (QED) is 0.803. The van der Waals surface area contributed by atoms with Crippen molar-refractivity contribution in [1.82, 2.24) is 0 Å². The van der Waals surface area contributed by atoms with Gasteiger partial charge in [-0.2, -0.15) is 0 Å². The molecule has 0 aliphatic heterocycles. The summed E-state index contributed by atoms with van der Waals surface area (Å²) in [6.07, 6.45) is 1.69. The van der Waals surface area contributed by atoms with Gasteiger partial charge in [0.2, 0.25) is 0 Å². The molecule has 0 bridgehead atoms. The molecule has 0 saturated carbocycles. The van der Waals surface area contributed by atoms with E-state index < -0.39 is 0 Å². The van der Waals surface area contributed by atoms with Crippen molar-refractivity contribution >= 4 is 0 Å². The Labute approximate surface area is 113 Å². The monoisotopic (exact) mass is 259 g/mol. The van der Waals surface area contributed by atoms with Crippen LogP contribution >= 0.6 is 0 Å². The Balaban J connectivity index is 1.72. The van der Waals surface area contributed by atoms with E-state index in [1.165, 1.54) is 12.1 Å². The number of hydrogen-bond donors (Lipinski definition) is 1. The lowest BCUT2D eigenvalue weighted by atomic mass is 10.0. The Morgan fingerprint density at radius 3 is 2.37 bits per heavy atom. The first-order valence-electron chi connectivity index (χ1n) is 6.44. The predicted octanol–water partition coefficient (Wildman–Crippen LogP) is 3.68. The van der Waals surface area contributed by atoms with Gasteiger partial charge in [0, 0.05) is 6.04 Å². The molecule has 0 amide bonds. The Morgan fingerprint density at radius 1 is 1.00 bits per heavy atom. The van der Waals surface area contributed by atoms with E-state index >= 15 is 0 Å². The van der Waals surface area contributed by atoms with Gasteiger partial charge < -0.3 is 10.5 Å². The van der Waals surface area contributed by atoms with Gasteiger partial charge in [-0.25, -0.2) is 4.39 Å². The van der Waals surface area contributed by atoms with E-state index in [-0.39, 0.29) is 11.9 Å². The zero-order valence-corrected chi connectivity index (χ0v) is 10.8. The molecule has 0 aliphatic rings. The molecule has 0 saturated heterocycles. The van der Waals surface area contributed by atoms with Crippen LogP contribution in [0.15, 0.2) is 54.6 Å². The number of nitrogens with two attached hydrogens (primary N) is 1. The van der Waals surface area contributed by atoms with Crippen molar-refractivity contribution in [2.75, 3.05) is 6.61 Å². The highest BCUT2D eigenvalue weighted by Crippen LogP contribution is 2.17. The summed E-state index contributed by atoms with van der Waals surface area (Å²) in [5, 5.41) is 0. The summed E-state index contributed by atoms with van der Waals surface area (Å²) in [5.74, 6) is 0.640. The van der Waals surface area contributed by atoms with Crippen LogP contribution in [-0.2, 0) is 0 Å². The normalized spacial score (nSPS) is 12.1. The molecule has 19 heavy (non-hydrogen) atoms. The lowest BCUT2D eigenvalue weighted by Crippen LogP contribution is -2.11. The second kappa shape index (κ2) is 6.90. The van der Waals surface area contributed by atoms with Gasteiger partial charge in [0.05, 0.1) is 6.61 Å². The second-order valence-electron chi connectivity index (χ2n) is 4.46. The Hall–Kier alpha value is -1.87. The number of benzene rings is 2. The average Bonchev–Trinajstić information content (AvgIpc) is 2.45. The fourth-order valence-corrected chi connectivity index (χ4v) is 1.89. The molecule has 2 N–H and O–H groups in total. The van der Waals surface area contributed by atoms with E-state index in [9.17, 15) is 4.39 Å². The van der Waals surface area contributed by atoms with Gasteiger partial charge in [-0.15, -0.1) is 0 Å². The van der Waals surface area contributed by atoms with Crippen LogP contribution in [0.2, 0.25) is 0 Å². The fraction of sp³-hybridized carbons (Fsp3) is 0.250. The third-order valence-electron chi connectivity index (χ3n) is 2.97. The third-order valence-corrected chi connectivity index (χ3v) is 2.97. The minimum Gasteiger partial charge on any atom is -0.494 e. The van der Waals surface area contributed by atoms with Crippen molar-refractivity contribution in [3.05, 3.63) is 66.0 Å². The van der Waals surface area contributed by atoms with E-state index in [2.05, 4.69) is 0 Å². The summed E-state index contributed by atoms with van der Waals surface area (Å²) in [7, 11) is 0. The molecule has 2 aromatic carbocycles. The molecule has 0 radical (unpaired) electrons. The molecule has 1 unspecified atom stereocenters. The van der Waals surface area contributed by atoms with Crippen molar-refractivity contribution in [3.63, 3.8) is 0 Å². The van der Waals surface area contributed by atoms with Crippen LogP contribution in [0.4, 0.5) is 4.39 Å². The molecular weight excluding hydrogens is 241 g/mol. The van der Waals surface area contributed by atoms with Crippen LogP contribution in [0.1, 0.15) is 24.4 Å². The molecule has 2 rings (SSSR count). The van der Waals surface area contributed by atoms with E-state index in [0.717, 1.165) is 24.2 Å². The number of ether oxygens (including phenoxy) is 1. The van der Waals surface area contributed by atoms with Gasteiger partial charge in [-0.3, -0.25) is 0 Å². The first-order valence-corrected chi connectivity index (χ1v) is 6.44. The van der Waals surface area contributed by atoms with Crippen molar-refractivity contribution in [2.45, 2.75) is 18.9 Å². The Bertz CT molecular complexity index is 484. The second-order valence-corrected chi connectivity index (χ2v) is 4.46. The smallest absolute Gasteiger partial charge is 0.123 e. The molecule has 1 atom stereocenters. The maximum atomic E-state index is 12.8. The molecule has 0 heterocycles. The van der Waals surface area contributed by atoms with Gasteiger partial charge >= 0.3 is 0 Å². The van der Waals surface area contributed by atoms with E-state index in [4.69, 9.17) is 10.5 Å². The van der Waals surface area contributed by atoms with E-state index in [1.807, 2.05) is 30.3 Å². The molecule has 0 fully saturated rings. The van der Waals surface area contributed by atoms with Crippen LogP contribution in [0.3, 0.4) is 0 Å². The first-order chi connectivity index (χ1) is 9.25. The zero-order valence-electron chi connectivity index (χ0n) is 10.8. The zero-order chi connectivity index (χ0) is 13.5. The lowest BCUT2D eigenvalue weighted by Gasteiger charge is -2.12. The molecular formula is C16H18FNO. The molecule has 0 aromatic heterocycles. The summed E-state index contributed by atoms with van der Waals surface area (Å²) in [5.41, 5.74) is 7.01. The minimum absolute atomic E-state index is 0.0695. The van der Waals surface area contributed by atoms with Crippen molar-refractivity contribution in [2.24, 2.45) is 5.73 Å². The average molecular weight is 259 g/mol. The van der Waals surface area contributed by atoms with Crippen LogP contribution in [0.5, 0.6) is 5.75 Å². The first kappa shape index (κ1) is 13.6. The largest absolute Gasteiger partial charge is 0.494 e. The van der Waals surface area contributed by atoms with Crippen LogP contribution in [0, 0.1) is 5.82 Å². The van der Waals surface area contributed by atoms with Crippen molar-refractivity contribution < 1.29 is 9.13 Å². The summed E-state index contributed by atoms with van der Waals surface area (Å²) in [6.45, 7) is 0.638. The van der Waals surface area contributed by atoms with Crippen molar-refractivity contribution in [3.8, 4) is 5.75 Å². The maximum Gasteiger partial charge on any atom is 0.123 e. The highest BCUT2D eigenvalue weighted by atomic mass is 19.1. The van der Waals surface area contributed by atoms with Gasteiger partial charge in [-0.05, 0) is 42.7 Å². The predicted molar refractivity (Wildman–Crippen MR) is 74.5 cm³/mol. The standard InChI is InChI=1S/C16H18FNO/c17-14-10-8-13(9-11-14)16(18)7-4-12-19-15-5-2-1-3-6-15/h1-3,5-6,8-11,16H,4,7,12,18H2. The summed E-state index contributed by atoms with van der Waals surface area (Å²) < 4.78 is 18.4. The molecule has 3 heteroatoms. The van der Waals surface area contributed by atoms with Gasteiger partial charge in [-0.1, -0.05) is 30.3 Å². The third kappa shape index (κ3) is 4.38. The molecule has 0 aliphatic carbocycles. The van der Waals surface area contributed by atoms with Crippen molar-refractivity contribution in [1.29, 1.82) is 0 Å². The number of rotatable bonds is 6. The van der Waals surface area contributed by atoms with Crippen LogP contribution in [-0.4, -0.2) is 6.61 Å². The van der Waals surface area contributed by atoms with E-state index in [0.29, 0.717) is 6.61 Å². The Kier molecular flexibility index (Phi) is 4.93. The lowest BCUT2D eigenvalue weighted by molar-refractivity contribution is 0.302. The van der Waals surface area contributed by atoms with E-state index in [1.54, 1.807) is 12.1 Å². The molecule has 100 valence electrons. The minimum atomic E-state index is -0.233. The number of halogens is 1. The number of para-hydroxylation sites is 1. The Morgan fingerprint density at radius 2 is 1.68 bits per heavy atom. The summed E-state index contributed by atoms with van der Waals surface area (Å²) in [4.78, 5) is 0. The SMILES string of the molecule is NC(CCCOc1ccccc1)c1ccc(F)cc1. The van der Waals surface area contributed by atoms with Crippen LogP contribution < -0.4 is 10.5 Å².